The minimum Gasteiger partial charge on any atom is -0.486 e. The summed E-state index contributed by atoms with van der Waals surface area (Å²) in [6.07, 6.45) is 1.01. The van der Waals surface area contributed by atoms with Crippen molar-refractivity contribution in [3.63, 3.8) is 0 Å². The average Bonchev–Trinajstić information content (AvgIpc) is 2.99. The molecule has 2 rings (SSSR count). The van der Waals surface area contributed by atoms with Gasteiger partial charge >= 0.3 is 0 Å². The maximum absolute atomic E-state index is 11.8. The predicted octanol–water partition coefficient (Wildman–Crippen LogP) is 3.26. The van der Waals surface area contributed by atoms with E-state index in [4.69, 9.17) is 4.74 Å². The lowest BCUT2D eigenvalue weighted by Gasteiger charge is -2.14. The fourth-order valence-electron chi connectivity index (χ4n) is 2.31. The molecule has 1 aromatic carbocycles. The van der Waals surface area contributed by atoms with Crippen LogP contribution in [0.15, 0.2) is 29.4 Å². The fraction of sp³-hybridized carbons (Fsp3) is 0.526. The first-order valence-corrected chi connectivity index (χ1v) is 9.86. The largest absolute Gasteiger partial charge is 0.486 e. The predicted molar refractivity (Wildman–Crippen MR) is 104 cm³/mol. The molecular formula is C19H28N4O2S. The molecular weight excluding hydrogens is 348 g/mol. The molecule has 1 amide bonds. The van der Waals surface area contributed by atoms with Crippen LogP contribution in [-0.4, -0.2) is 45.4 Å². The number of hydrogen-bond donors (Lipinski definition) is 0. The normalized spacial score (nSPS) is 11.0. The Morgan fingerprint density at radius 1 is 1.23 bits per heavy atom. The molecule has 0 aliphatic heterocycles. The van der Waals surface area contributed by atoms with Crippen LogP contribution in [0.25, 0.3) is 0 Å². The van der Waals surface area contributed by atoms with Crippen LogP contribution < -0.4 is 4.74 Å². The van der Waals surface area contributed by atoms with Crippen LogP contribution in [0.1, 0.15) is 32.2 Å². The maximum Gasteiger partial charge on any atom is 0.232 e. The van der Waals surface area contributed by atoms with Crippen LogP contribution in [0, 0.1) is 5.92 Å². The van der Waals surface area contributed by atoms with Gasteiger partial charge in [0.1, 0.15) is 12.4 Å². The van der Waals surface area contributed by atoms with Gasteiger partial charge in [0.05, 0.1) is 5.75 Å². The first kappa shape index (κ1) is 20.3. The van der Waals surface area contributed by atoms with E-state index in [0.717, 1.165) is 29.7 Å². The number of aryl methyl sites for hydroxylation is 1. The Morgan fingerprint density at radius 3 is 2.50 bits per heavy atom. The van der Waals surface area contributed by atoms with Crippen molar-refractivity contribution in [3.05, 3.63) is 35.7 Å². The van der Waals surface area contributed by atoms with Crippen LogP contribution in [0.3, 0.4) is 0 Å². The van der Waals surface area contributed by atoms with Gasteiger partial charge in [0, 0.05) is 20.6 Å². The van der Waals surface area contributed by atoms with Gasteiger partial charge in [0.2, 0.25) is 5.91 Å². The molecule has 0 saturated carbocycles. The summed E-state index contributed by atoms with van der Waals surface area (Å²) in [7, 11) is 3.51. The number of amides is 1. The summed E-state index contributed by atoms with van der Waals surface area (Å²) < 4.78 is 7.94. The molecule has 2 aromatic rings. The van der Waals surface area contributed by atoms with Gasteiger partial charge in [-0.05, 0) is 30.0 Å². The average molecular weight is 377 g/mol. The number of thioether (sulfide) groups is 1. The van der Waals surface area contributed by atoms with E-state index in [1.807, 2.05) is 12.1 Å². The van der Waals surface area contributed by atoms with Crippen molar-refractivity contribution in [1.82, 2.24) is 19.7 Å². The second-order valence-electron chi connectivity index (χ2n) is 6.77. The van der Waals surface area contributed by atoms with Gasteiger partial charge in [0.25, 0.3) is 0 Å². The SMILES string of the molecule is CCc1ccc(OCc2nnc(SCC(=O)N(C)C)n2CC(C)C)cc1. The molecule has 0 spiro atoms. The number of aromatic nitrogens is 3. The molecule has 0 aliphatic carbocycles. The van der Waals surface area contributed by atoms with Gasteiger partial charge < -0.3 is 14.2 Å². The van der Waals surface area contributed by atoms with E-state index in [9.17, 15) is 4.79 Å². The molecule has 0 saturated heterocycles. The Labute approximate surface area is 159 Å². The van der Waals surface area contributed by atoms with Crippen LogP contribution in [0.2, 0.25) is 0 Å². The number of nitrogens with zero attached hydrogens (tertiary/aromatic N) is 4. The Bertz CT molecular complexity index is 711. The topological polar surface area (TPSA) is 60.3 Å². The highest BCUT2D eigenvalue weighted by atomic mass is 32.2. The van der Waals surface area contributed by atoms with Crippen molar-refractivity contribution >= 4 is 17.7 Å². The van der Waals surface area contributed by atoms with Crippen molar-refractivity contribution in [1.29, 1.82) is 0 Å². The molecule has 0 bridgehead atoms. The lowest BCUT2D eigenvalue weighted by Crippen LogP contribution is -2.23. The molecule has 26 heavy (non-hydrogen) atoms. The van der Waals surface area contributed by atoms with E-state index in [0.29, 0.717) is 18.3 Å². The third kappa shape index (κ3) is 5.76. The number of hydrogen-bond acceptors (Lipinski definition) is 5. The number of carbonyl (C=O) groups is 1. The molecule has 0 N–H and O–H groups in total. The summed E-state index contributed by atoms with van der Waals surface area (Å²) in [6.45, 7) is 7.57. The summed E-state index contributed by atoms with van der Waals surface area (Å²) in [4.78, 5) is 13.4. The number of ether oxygens (including phenoxy) is 1. The van der Waals surface area contributed by atoms with Crippen molar-refractivity contribution in [2.45, 2.75) is 45.5 Å². The van der Waals surface area contributed by atoms with Gasteiger partial charge in [-0.15, -0.1) is 10.2 Å². The van der Waals surface area contributed by atoms with Crippen LogP contribution in [0.4, 0.5) is 0 Å². The zero-order valence-corrected chi connectivity index (χ0v) is 17.0. The van der Waals surface area contributed by atoms with Crippen molar-refractivity contribution in [2.75, 3.05) is 19.8 Å². The van der Waals surface area contributed by atoms with Gasteiger partial charge in [-0.1, -0.05) is 44.7 Å². The van der Waals surface area contributed by atoms with E-state index in [1.165, 1.54) is 17.3 Å². The number of carbonyl (C=O) groups excluding carboxylic acids is 1. The van der Waals surface area contributed by atoms with Crippen LogP contribution in [-0.2, 0) is 24.4 Å². The molecule has 0 radical (unpaired) electrons. The number of rotatable bonds is 9. The fourth-order valence-corrected chi connectivity index (χ4v) is 3.25. The van der Waals surface area contributed by atoms with Crippen molar-refractivity contribution in [3.8, 4) is 5.75 Å². The highest BCUT2D eigenvalue weighted by Gasteiger charge is 2.16. The summed E-state index contributed by atoms with van der Waals surface area (Å²) in [5, 5.41) is 9.31. The quantitative estimate of drug-likeness (QED) is 0.629. The summed E-state index contributed by atoms with van der Waals surface area (Å²) in [5.41, 5.74) is 1.28. The first-order valence-electron chi connectivity index (χ1n) is 8.87. The van der Waals surface area contributed by atoms with Crippen LogP contribution in [0.5, 0.6) is 5.75 Å². The lowest BCUT2D eigenvalue weighted by molar-refractivity contribution is -0.125. The molecule has 0 fully saturated rings. The zero-order chi connectivity index (χ0) is 19.1. The molecule has 1 heterocycles. The highest BCUT2D eigenvalue weighted by molar-refractivity contribution is 7.99. The van der Waals surface area contributed by atoms with Crippen molar-refractivity contribution in [2.24, 2.45) is 5.92 Å². The van der Waals surface area contributed by atoms with Gasteiger partial charge in [0.15, 0.2) is 11.0 Å². The number of benzene rings is 1. The summed E-state index contributed by atoms with van der Waals surface area (Å²) in [6, 6.07) is 8.10. The Balaban J connectivity index is 2.07. The Hall–Kier alpha value is -2.02. The standard InChI is InChI=1S/C19H28N4O2S/c1-6-15-7-9-16(10-8-15)25-12-17-20-21-19(23(17)11-14(2)3)26-13-18(24)22(4)5/h7-10,14H,6,11-13H2,1-5H3. The van der Waals surface area contributed by atoms with E-state index in [-0.39, 0.29) is 5.91 Å². The zero-order valence-electron chi connectivity index (χ0n) is 16.2. The van der Waals surface area contributed by atoms with E-state index < -0.39 is 0 Å². The third-order valence-electron chi connectivity index (χ3n) is 3.86. The molecule has 0 aliphatic rings. The van der Waals surface area contributed by atoms with Gasteiger partial charge in [-0.25, -0.2) is 0 Å². The minimum absolute atomic E-state index is 0.0583. The second kappa shape index (κ2) is 9.62. The maximum atomic E-state index is 11.8. The molecule has 6 nitrogen and oxygen atoms in total. The first-order chi connectivity index (χ1) is 12.4. The molecule has 7 heteroatoms. The van der Waals surface area contributed by atoms with Crippen LogP contribution >= 0.6 is 11.8 Å². The van der Waals surface area contributed by atoms with E-state index in [1.54, 1.807) is 19.0 Å². The molecule has 142 valence electrons. The molecule has 0 atom stereocenters. The molecule has 1 aromatic heterocycles. The molecule has 0 unspecified atom stereocenters. The van der Waals surface area contributed by atoms with Gasteiger partial charge in [-0.2, -0.15) is 0 Å². The monoisotopic (exact) mass is 376 g/mol. The smallest absolute Gasteiger partial charge is 0.232 e. The highest BCUT2D eigenvalue weighted by Crippen LogP contribution is 2.20. The Kier molecular flexibility index (Phi) is 7.50. The summed E-state index contributed by atoms with van der Waals surface area (Å²) in [5.74, 6) is 2.44. The van der Waals surface area contributed by atoms with Crippen molar-refractivity contribution < 1.29 is 9.53 Å². The minimum atomic E-state index is 0.0583. The lowest BCUT2D eigenvalue weighted by atomic mass is 10.2. The third-order valence-corrected chi connectivity index (χ3v) is 4.82. The van der Waals surface area contributed by atoms with E-state index in [2.05, 4.69) is 47.7 Å². The second-order valence-corrected chi connectivity index (χ2v) is 7.71. The van der Waals surface area contributed by atoms with Gasteiger partial charge in [-0.3, -0.25) is 4.79 Å². The van der Waals surface area contributed by atoms with E-state index >= 15 is 0 Å². The summed E-state index contributed by atoms with van der Waals surface area (Å²) >= 11 is 1.42. The Morgan fingerprint density at radius 2 is 1.92 bits per heavy atom.